The second-order valence-electron chi connectivity index (χ2n) is 2.79. The van der Waals surface area contributed by atoms with Crippen LogP contribution in [-0.4, -0.2) is 22.4 Å². The molecule has 1 aromatic rings. The molecular weight excluding hydrogens is 234 g/mol. The number of hydrogen-bond acceptors (Lipinski definition) is 4. The highest BCUT2D eigenvalue weighted by Gasteiger charge is 2.16. The fourth-order valence-corrected chi connectivity index (χ4v) is 1.15. The van der Waals surface area contributed by atoms with Gasteiger partial charge in [0.1, 0.15) is 11.3 Å². The molecule has 16 heavy (non-hydrogen) atoms. The lowest BCUT2D eigenvalue weighted by Gasteiger charge is -2.03. The van der Waals surface area contributed by atoms with Crippen LogP contribution in [0.5, 0.6) is 0 Å². The van der Waals surface area contributed by atoms with Crippen molar-refractivity contribution >= 4 is 23.2 Å². The smallest absolute Gasteiger partial charge is 0.288 e. The average molecular weight is 242 g/mol. The normalized spacial score (nSPS) is 9.56. The van der Waals surface area contributed by atoms with Gasteiger partial charge in [0, 0.05) is 12.6 Å². The van der Waals surface area contributed by atoms with Gasteiger partial charge in [-0.3, -0.25) is 14.9 Å². The van der Waals surface area contributed by atoms with Crippen LogP contribution < -0.4 is 5.32 Å². The SMILES string of the molecule is C=CCNC(=O)c1cc([N+](=O)[O-])cnc1Cl. The summed E-state index contributed by atoms with van der Waals surface area (Å²) in [6.07, 6.45) is 2.48. The van der Waals surface area contributed by atoms with Crippen molar-refractivity contribution in [3.8, 4) is 0 Å². The zero-order chi connectivity index (χ0) is 12.1. The maximum atomic E-state index is 11.5. The molecule has 0 aromatic carbocycles. The summed E-state index contributed by atoms with van der Waals surface area (Å²) in [4.78, 5) is 24.9. The topological polar surface area (TPSA) is 85.1 Å². The van der Waals surface area contributed by atoms with Crippen molar-refractivity contribution in [1.29, 1.82) is 0 Å². The van der Waals surface area contributed by atoms with Gasteiger partial charge >= 0.3 is 0 Å². The highest BCUT2D eigenvalue weighted by molar-refractivity contribution is 6.32. The summed E-state index contributed by atoms with van der Waals surface area (Å²) in [7, 11) is 0. The Bertz CT molecular complexity index is 448. The van der Waals surface area contributed by atoms with Crippen molar-refractivity contribution in [2.45, 2.75) is 0 Å². The van der Waals surface area contributed by atoms with E-state index in [9.17, 15) is 14.9 Å². The number of halogens is 1. The number of nitrogens with one attached hydrogen (secondary N) is 1. The number of nitrogens with zero attached hydrogens (tertiary/aromatic N) is 2. The molecular formula is C9H8ClN3O3. The van der Waals surface area contributed by atoms with E-state index in [4.69, 9.17) is 11.6 Å². The van der Waals surface area contributed by atoms with E-state index in [1.165, 1.54) is 6.08 Å². The highest BCUT2D eigenvalue weighted by atomic mass is 35.5. The lowest BCUT2D eigenvalue weighted by molar-refractivity contribution is -0.385. The first-order chi connectivity index (χ1) is 7.56. The minimum absolute atomic E-state index is 0.0299. The van der Waals surface area contributed by atoms with Gasteiger partial charge < -0.3 is 5.32 Å². The van der Waals surface area contributed by atoms with Crippen LogP contribution in [0.15, 0.2) is 24.9 Å². The average Bonchev–Trinajstić information content (AvgIpc) is 2.26. The Balaban J connectivity index is 3.02. The lowest BCUT2D eigenvalue weighted by Crippen LogP contribution is -2.23. The zero-order valence-corrected chi connectivity index (χ0v) is 8.90. The molecule has 0 atom stereocenters. The number of carbonyl (C=O) groups is 1. The Hall–Kier alpha value is -1.95. The molecule has 1 rings (SSSR count). The second kappa shape index (κ2) is 5.22. The molecule has 0 saturated heterocycles. The van der Waals surface area contributed by atoms with Gasteiger partial charge in [-0.2, -0.15) is 0 Å². The molecule has 0 fully saturated rings. The Morgan fingerprint density at radius 2 is 2.44 bits per heavy atom. The maximum Gasteiger partial charge on any atom is 0.288 e. The number of carbonyl (C=O) groups excluding carboxylic acids is 1. The molecule has 6 nitrogen and oxygen atoms in total. The lowest BCUT2D eigenvalue weighted by atomic mass is 10.2. The third-order valence-corrected chi connectivity index (χ3v) is 1.99. The number of rotatable bonds is 4. The fourth-order valence-electron chi connectivity index (χ4n) is 0.956. The first kappa shape index (κ1) is 12.1. The molecule has 0 aliphatic rings. The monoisotopic (exact) mass is 241 g/mol. The van der Waals surface area contributed by atoms with Gasteiger partial charge in [-0.05, 0) is 0 Å². The maximum absolute atomic E-state index is 11.5. The van der Waals surface area contributed by atoms with Crippen molar-refractivity contribution < 1.29 is 9.72 Å². The molecule has 1 heterocycles. The zero-order valence-electron chi connectivity index (χ0n) is 8.14. The van der Waals surface area contributed by atoms with Gasteiger partial charge in [0.2, 0.25) is 0 Å². The molecule has 0 bridgehead atoms. The van der Waals surface area contributed by atoms with E-state index in [1.54, 1.807) is 0 Å². The molecule has 0 saturated carbocycles. The molecule has 84 valence electrons. The highest BCUT2D eigenvalue weighted by Crippen LogP contribution is 2.18. The summed E-state index contributed by atoms with van der Waals surface area (Å²) < 4.78 is 0. The number of hydrogen-bond donors (Lipinski definition) is 1. The van der Waals surface area contributed by atoms with Crippen LogP contribution in [-0.2, 0) is 0 Å². The van der Waals surface area contributed by atoms with E-state index in [-0.39, 0.29) is 22.9 Å². The minimum atomic E-state index is -0.645. The van der Waals surface area contributed by atoms with Crippen LogP contribution in [0.2, 0.25) is 5.15 Å². The van der Waals surface area contributed by atoms with Crippen LogP contribution in [0.25, 0.3) is 0 Å². The number of pyridine rings is 1. The number of aromatic nitrogens is 1. The Morgan fingerprint density at radius 1 is 1.75 bits per heavy atom. The van der Waals surface area contributed by atoms with Crippen LogP contribution in [0.1, 0.15) is 10.4 Å². The summed E-state index contributed by atoms with van der Waals surface area (Å²) >= 11 is 5.65. The molecule has 0 radical (unpaired) electrons. The number of nitro groups is 1. The minimum Gasteiger partial charge on any atom is -0.348 e. The van der Waals surface area contributed by atoms with Crippen molar-refractivity contribution in [2.24, 2.45) is 0 Å². The Labute approximate surface area is 96.1 Å². The van der Waals surface area contributed by atoms with Gasteiger partial charge in [0.05, 0.1) is 10.5 Å². The molecule has 7 heteroatoms. The summed E-state index contributed by atoms with van der Waals surface area (Å²) in [5, 5.41) is 12.9. The van der Waals surface area contributed by atoms with E-state index < -0.39 is 10.8 Å². The fraction of sp³-hybridized carbons (Fsp3) is 0.111. The second-order valence-corrected chi connectivity index (χ2v) is 3.15. The molecule has 0 aliphatic carbocycles. The van der Waals surface area contributed by atoms with Gasteiger partial charge in [0.25, 0.3) is 11.6 Å². The van der Waals surface area contributed by atoms with Crippen molar-refractivity contribution in [3.05, 3.63) is 45.7 Å². The Kier molecular flexibility index (Phi) is 3.96. The summed E-state index contributed by atoms with van der Waals surface area (Å²) in [5.41, 5.74) is -0.314. The van der Waals surface area contributed by atoms with E-state index in [0.717, 1.165) is 12.3 Å². The molecule has 0 spiro atoms. The largest absolute Gasteiger partial charge is 0.348 e. The Morgan fingerprint density at radius 3 is 3.00 bits per heavy atom. The first-order valence-electron chi connectivity index (χ1n) is 4.25. The van der Waals surface area contributed by atoms with Gasteiger partial charge in [-0.15, -0.1) is 6.58 Å². The van der Waals surface area contributed by atoms with Crippen molar-refractivity contribution in [3.63, 3.8) is 0 Å². The predicted octanol–water partition coefficient (Wildman–Crippen LogP) is 1.56. The van der Waals surface area contributed by atoms with Gasteiger partial charge in [-0.1, -0.05) is 17.7 Å². The molecule has 0 unspecified atom stereocenters. The third kappa shape index (κ3) is 2.77. The summed E-state index contributed by atoms with van der Waals surface area (Å²) in [6.45, 7) is 3.67. The van der Waals surface area contributed by atoms with Crippen molar-refractivity contribution in [1.82, 2.24) is 10.3 Å². The molecule has 1 amide bonds. The summed E-state index contributed by atoms with van der Waals surface area (Å²) in [5.74, 6) is -0.527. The predicted molar refractivity (Wildman–Crippen MR) is 58.4 cm³/mol. The standard InChI is InChI=1S/C9H8ClN3O3/c1-2-3-11-9(14)7-4-6(13(15)16)5-12-8(7)10/h2,4-5H,1,3H2,(H,11,14). The van der Waals surface area contributed by atoms with Crippen LogP contribution >= 0.6 is 11.6 Å². The number of amides is 1. The molecule has 0 aliphatic heterocycles. The van der Waals surface area contributed by atoms with E-state index in [1.807, 2.05) is 0 Å². The van der Waals surface area contributed by atoms with E-state index >= 15 is 0 Å². The molecule has 1 N–H and O–H groups in total. The van der Waals surface area contributed by atoms with Gasteiger partial charge in [0.15, 0.2) is 0 Å². The van der Waals surface area contributed by atoms with Gasteiger partial charge in [-0.25, -0.2) is 4.98 Å². The first-order valence-corrected chi connectivity index (χ1v) is 4.63. The third-order valence-electron chi connectivity index (χ3n) is 1.69. The molecule has 1 aromatic heterocycles. The van der Waals surface area contributed by atoms with E-state index in [2.05, 4.69) is 16.9 Å². The van der Waals surface area contributed by atoms with Crippen molar-refractivity contribution in [2.75, 3.05) is 6.54 Å². The van der Waals surface area contributed by atoms with Crippen LogP contribution in [0.3, 0.4) is 0 Å². The van der Waals surface area contributed by atoms with E-state index in [0.29, 0.717) is 0 Å². The quantitative estimate of drug-likeness (QED) is 0.375. The summed E-state index contributed by atoms with van der Waals surface area (Å²) in [6, 6.07) is 1.08. The van der Waals surface area contributed by atoms with Crippen LogP contribution in [0.4, 0.5) is 5.69 Å². The van der Waals surface area contributed by atoms with Crippen LogP contribution in [0, 0.1) is 10.1 Å².